The van der Waals surface area contributed by atoms with Gasteiger partial charge in [-0.05, 0) is 12.0 Å². The minimum absolute atomic E-state index is 0.920. The fraction of sp³-hybridized carbons (Fsp3) is 0.357. The maximum atomic E-state index is 4.67. The molecule has 0 amide bonds. The van der Waals surface area contributed by atoms with Gasteiger partial charge in [0.2, 0.25) is 0 Å². The highest BCUT2D eigenvalue weighted by molar-refractivity contribution is 9.09. The Labute approximate surface area is 121 Å². The normalized spacial score (nSPS) is 10.6. The van der Waals surface area contributed by atoms with E-state index in [0.717, 1.165) is 30.0 Å². The van der Waals surface area contributed by atoms with Crippen LogP contribution in [0.1, 0.15) is 18.2 Å². The molecule has 0 aliphatic carbocycles. The fourth-order valence-corrected chi connectivity index (χ4v) is 3.12. The quantitative estimate of drug-likeness (QED) is 0.743. The maximum Gasteiger partial charge on any atom is 0.185 e. The minimum Gasteiger partial charge on any atom is -0.343 e. The van der Waals surface area contributed by atoms with Crippen molar-refractivity contribution >= 4 is 32.4 Å². The lowest BCUT2D eigenvalue weighted by atomic mass is 10.2. The number of anilines is 1. The Balaban J connectivity index is 2.12. The summed E-state index contributed by atoms with van der Waals surface area (Å²) in [4.78, 5) is 6.99. The molecule has 1 heterocycles. The molecule has 0 fully saturated rings. The molecule has 0 radical (unpaired) electrons. The number of hydrogen-bond acceptors (Lipinski definition) is 3. The van der Waals surface area contributed by atoms with Gasteiger partial charge in [0.05, 0.1) is 5.69 Å². The summed E-state index contributed by atoms with van der Waals surface area (Å²) in [5.41, 5.74) is 2.51. The van der Waals surface area contributed by atoms with Gasteiger partial charge < -0.3 is 4.90 Å². The molecule has 2 rings (SSSR count). The number of nitrogens with zero attached hydrogens (tertiary/aromatic N) is 2. The van der Waals surface area contributed by atoms with E-state index >= 15 is 0 Å². The van der Waals surface area contributed by atoms with E-state index in [1.807, 2.05) is 0 Å². The first-order chi connectivity index (χ1) is 8.83. The second-order valence-corrected chi connectivity index (χ2v) is 5.70. The molecule has 0 spiro atoms. The van der Waals surface area contributed by atoms with Gasteiger partial charge in [-0.25, -0.2) is 4.98 Å². The van der Waals surface area contributed by atoms with Gasteiger partial charge in [0.15, 0.2) is 5.13 Å². The van der Waals surface area contributed by atoms with Gasteiger partial charge >= 0.3 is 0 Å². The van der Waals surface area contributed by atoms with Crippen molar-refractivity contribution in [2.45, 2.75) is 19.9 Å². The van der Waals surface area contributed by atoms with Gasteiger partial charge in [0.1, 0.15) is 0 Å². The summed E-state index contributed by atoms with van der Waals surface area (Å²) in [5.74, 6) is 0. The third-order valence-electron chi connectivity index (χ3n) is 2.74. The molecule has 2 nitrogen and oxygen atoms in total. The maximum absolute atomic E-state index is 4.67. The number of hydrogen-bond donors (Lipinski definition) is 0. The first kappa shape index (κ1) is 13.6. The van der Waals surface area contributed by atoms with E-state index in [-0.39, 0.29) is 0 Å². The number of halogens is 1. The van der Waals surface area contributed by atoms with Crippen molar-refractivity contribution in [3.8, 4) is 0 Å². The number of rotatable bonds is 6. The molecule has 0 bridgehead atoms. The molecule has 0 aliphatic rings. The summed E-state index contributed by atoms with van der Waals surface area (Å²) in [6.45, 7) is 4.04. The molecule has 96 valence electrons. The third-order valence-corrected chi connectivity index (χ3v) is 4.05. The van der Waals surface area contributed by atoms with Crippen LogP contribution in [0.3, 0.4) is 0 Å². The SMILES string of the molecule is CCc1csc(N(CCBr)Cc2ccccc2)n1. The van der Waals surface area contributed by atoms with Crippen molar-refractivity contribution in [3.63, 3.8) is 0 Å². The van der Waals surface area contributed by atoms with Crippen LogP contribution >= 0.6 is 27.3 Å². The number of benzene rings is 1. The van der Waals surface area contributed by atoms with Crippen LogP contribution in [0.4, 0.5) is 5.13 Å². The lowest BCUT2D eigenvalue weighted by Crippen LogP contribution is -2.24. The van der Waals surface area contributed by atoms with Crippen LogP contribution in [-0.4, -0.2) is 16.9 Å². The van der Waals surface area contributed by atoms with Crippen LogP contribution in [0, 0.1) is 0 Å². The molecule has 1 aromatic heterocycles. The van der Waals surface area contributed by atoms with Crippen molar-refractivity contribution in [1.29, 1.82) is 0 Å². The van der Waals surface area contributed by atoms with Crippen molar-refractivity contribution in [1.82, 2.24) is 4.98 Å². The summed E-state index contributed by atoms with van der Waals surface area (Å²) in [7, 11) is 0. The van der Waals surface area contributed by atoms with Crippen LogP contribution in [0.25, 0.3) is 0 Å². The molecule has 18 heavy (non-hydrogen) atoms. The summed E-state index contributed by atoms with van der Waals surface area (Å²) in [6.07, 6.45) is 1.00. The predicted octanol–water partition coefficient (Wildman–Crippen LogP) is 4.11. The van der Waals surface area contributed by atoms with Crippen LogP contribution in [0.15, 0.2) is 35.7 Å². The second kappa shape index (κ2) is 6.90. The summed E-state index contributed by atoms with van der Waals surface area (Å²) >= 11 is 5.26. The number of aromatic nitrogens is 1. The van der Waals surface area contributed by atoms with Gasteiger partial charge in [-0.15, -0.1) is 11.3 Å². The van der Waals surface area contributed by atoms with Gasteiger partial charge in [0.25, 0.3) is 0 Å². The molecular formula is C14H17BrN2S. The number of alkyl halides is 1. The molecular weight excluding hydrogens is 308 g/mol. The summed E-state index contributed by atoms with van der Waals surface area (Å²) in [5, 5.41) is 4.23. The molecule has 0 aliphatic heterocycles. The van der Waals surface area contributed by atoms with Crippen molar-refractivity contribution < 1.29 is 0 Å². The van der Waals surface area contributed by atoms with Crippen LogP contribution in [-0.2, 0) is 13.0 Å². The summed E-state index contributed by atoms with van der Waals surface area (Å²) < 4.78 is 0. The molecule has 0 N–H and O–H groups in total. The van der Waals surface area contributed by atoms with Crippen molar-refractivity contribution in [2.24, 2.45) is 0 Å². The molecule has 0 saturated carbocycles. The van der Waals surface area contributed by atoms with Gasteiger partial charge in [-0.1, -0.05) is 53.2 Å². The Kier molecular flexibility index (Phi) is 5.20. The first-order valence-electron chi connectivity index (χ1n) is 6.12. The smallest absolute Gasteiger partial charge is 0.185 e. The largest absolute Gasteiger partial charge is 0.343 e. The monoisotopic (exact) mass is 324 g/mol. The van der Waals surface area contributed by atoms with E-state index < -0.39 is 0 Å². The van der Waals surface area contributed by atoms with E-state index in [4.69, 9.17) is 0 Å². The van der Waals surface area contributed by atoms with E-state index in [2.05, 4.69) is 68.4 Å². The van der Waals surface area contributed by atoms with Crippen molar-refractivity contribution in [3.05, 3.63) is 47.0 Å². The summed E-state index contributed by atoms with van der Waals surface area (Å²) in [6, 6.07) is 10.5. The third kappa shape index (κ3) is 3.56. The highest BCUT2D eigenvalue weighted by Crippen LogP contribution is 2.22. The highest BCUT2D eigenvalue weighted by atomic mass is 79.9. The Morgan fingerprint density at radius 1 is 1.28 bits per heavy atom. The Morgan fingerprint density at radius 3 is 2.67 bits per heavy atom. The van der Waals surface area contributed by atoms with Crippen molar-refractivity contribution in [2.75, 3.05) is 16.8 Å². The molecule has 0 saturated heterocycles. The van der Waals surface area contributed by atoms with E-state index in [1.54, 1.807) is 11.3 Å². The van der Waals surface area contributed by atoms with Crippen LogP contribution in [0.5, 0.6) is 0 Å². The van der Waals surface area contributed by atoms with Crippen LogP contribution < -0.4 is 4.90 Å². The topological polar surface area (TPSA) is 16.1 Å². The average Bonchev–Trinajstić information content (AvgIpc) is 2.88. The van der Waals surface area contributed by atoms with E-state index in [0.29, 0.717) is 0 Å². The molecule has 1 aromatic carbocycles. The van der Waals surface area contributed by atoms with Crippen LogP contribution in [0.2, 0.25) is 0 Å². The fourth-order valence-electron chi connectivity index (χ4n) is 1.75. The molecule has 4 heteroatoms. The molecule has 0 unspecified atom stereocenters. The Hall–Kier alpha value is -0.870. The van der Waals surface area contributed by atoms with E-state index in [1.165, 1.54) is 11.3 Å². The number of thiazole rings is 1. The zero-order valence-electron chi connectivity index (χ0n) is 10.5. The zero-order valence-corrected chi connectivity index (χ0v) is 12.9. The van der Waals surface area contributed by atoms with Gasteiger partial charge in [-0.3, -0.25) is 0 Å². The second-order valence-electron chi connectivity index (χ2n) is 4.07. The Morgan fingerprint density at radius 2 is 2.06 bits per heavy atom. The number of aryl methyl sites for hydroxylation is 1. The van der Waals surface area contributed by atoms with Gasteiger partial charge in [0, 0.05) is 23.8 Å². The minimum atomic E-state index is 0.920. The standard InChI is InChI=1S/C14H17BrN2S/c1-2-13-11-18-14(16-13)17(9-8-15)10-12-6-4-3-5-7-12/h3-7,11H,2,8-10H2,1H3. The first-order valence-corrected chi connectivity index (χ1v) is 8.13. The zero-order chi connectivity index (χ0) is 12.8. The predicted molar refractivity (Wildman–Crippen MR) is 82.8 cm³/mol. The van der Waals surface area contributed by atoms with Gasteiger partial charge in [-0.2, -0.15) is 0 Å². The van der Waals surface area contributed by atoms with E-state index in [9.17, 15) is 0 Å². The Bertz CT molecular complexity index is 470. The lowest BCUT2D eigenvalue weighted by Gasteiger charge is -2.20. The highest BCUT2D eigenvalue weighted by Gasteiger charge is 2.10. The average molecular weight is 325 g/mol. The molecule has 2 aromatic rings. The lowest BCUT2D eigenvalue weighted by molar-refractivity contribution is 0.829. The molecule has 0 atom stereocenters.